The summed E-state index contributed by atoms with van der Waals surface area (Å²) >= 11 is 3.23. The minimum atomic E-state index is -1.14. The van der Waals surface area contributed by atoms with Gasteiger partial charge in [-0.15, -0.1) is 0 Å². The molecule has 1 atom stereocenters. The molecule has 0 saturated carbocycles. The van der Waals surface area contributed by atoms with E-state index in [2.05, 4.69) is 15.9 Å². The molecule has 0 fully saturated rings. The van der Waals surface area contributed by atoms with Crippen LogP contribution in [0.25, 0.3) is 0 Å². The standard InChI is InChI=1S/C14H17BrN2O5/c1-7(2)11(12(18)17-14(16)20)22-13(19)9-6-8(21-3)4-5-10(9)15/h4-7,11H,1-3H3,(H3,16,17,18,20)/t11-/m1/s1. The van der Waals surface area contributed by atoms with Crippen molar-refractivity contribution in [1.82, 2.24) is 5.32 Å². The Hall–Kier alpha value is -2.09. The first-order chi connectivity index (χ1) is 10.3. The summed E-state index contributed by atoms with van der Waals surface area (Å²) in [5.74, 6) is -1.36. The first-order valence-electron chi connectivity index (χ1n) is 6.41. The molecule has 3 amide bonds. The number of hydrogen-bond donors (Lipinski definition) is 2. The monoisotopic (exact) mass is 372 g/mol. The largest absolute Gasteiger partial charge is 0.497 e. The normalized spacial score (nSPS) is 11.7. The number of carbonyl (C=O) groups is 3. The smallest absolute Gasteiger partial charge is 0.340 e. The lowest BCUT2D eigenvalue weighted by atomic mass is 10.1. The van der Waals surface area contributed by atoms with Gasteiger partial charge in [0.1, 0.15) is 5.75 Å². The first-order valence-corrected chi connectivity index (χ1v) is 7.20. The van der Waals surface area contributed by atoms with Gasteiger partial charge in [-0.3, -0.25) is 10.1 Å². The molecule has 8 heteroatoms. The molecular formula is C14H17BrN2O5. The van der Waals surface area contributed by atoms with Gasteiger partial charge in [-0.2, -0.15) is 0 Å². The SMILES string of the molecule is COc1ccc(Br)c(C(=O)O[C@@H](C(=O)NC(N)=O)C(C)C)c1. The van der Waals surface area contributed by atoms with E-state index < -0.39 is 24.0 Å². The highest BCUT2D eigenvalue weighted by molar-refractivity contribution is 9.10. The number of hydrogen-bond acceptors (Lipinski definition) is 5. The number of nitrogens with two attached hydrogens (primary N) is 1. The molecule has 1 aromatic rings. The second-order valence-electron chi connectivity index (χ2n) is 4.77. The summed E-state index contributed by atoms with van der Waals surface area (Å²) < 4.78 is 10.7. The third-order valence-corrected chi connectivity index (χ3v) is 3.43. The zero-order valence-corrected chi connectivity index (χ0v) is 14.0. The maximum Gasteiger partial charge on any atom is 0.340 e. The number of methoxy groups -OCH3 is 1. The Labute approximate surface area is 136 Å². The molecule has 0 radical (unpaired) electrons. The third-order valence-electron chi connectivity index (χ3n) is 2.74. The van der Waals surface area contributed by atoms with Crippen molar-refractivity contribution in [3.63, 3.8) is 0 Å². The maximum atomic E-state index is 12.2. The molecule has 0 aliphatic rings. The lowest BCUT2D eigenvalue weighted by Gasteiger charge is -2.20. The number of imide groups is 1. The summed E-state index contributed by atoms with van der Waals surface area (Å²) in [5, 5.41) is 1.90. The number of primary amides is 1. The van der Waals surface area contributed by atoms with Gasteiger partial charge in [-0.1, -0.05) is 13.8 Å². The summed E-state index contributed by atoms with van der Waals surface area (Å²) in [4.78, 5) is 34.8. The van der Waals surface area contributed by atoms with Crippen LogP contribution in [0.1, 0.15) is 24.2 Å². The summed E-state index contributed by atoms with van der Waals surface area (Å²) in [7, 11) is 1.47. The van der Waals surface area contributed by atoms with E-state index in [1.165, 1.54) is 13.2 Å². The highest BCUT2D eigenvalue weighted by Gasteiger charge is 2.28. The lowest BCUT2D eigenvalue weighted by Crippen LogP contribution is -2.45. The highest BCUT2D eigenvalue weighted by Crippen LogP contribution is 2.24. The first kappa shape index (κ1) is 18.0. The minimum Gasteiger partial charge on any atom is -0.497 e. The van der Waals surface area contributed by atoms with Crippen molar-refractivity contribution in [2.75, 3.05) is 7.11 Å². The Bertz CT molecular complexity index is 589. The predicted molar refractivity (Wildman–Crippen MR) is 82.5 cm³/mol. The Morgan fingerprint density at radius 3 is 2.41 bits per heavy atom. The fourth-order valence-electron chi connectivity index (χ4n) is 1.65. The van der Waals surface area contributed by atoms with Crippen LogP contribution in [-0.2, 0) is 9.53 Å². The minimum absolute atomic E-state index is 0.205. The van der Waals surface area contributed by atoms with Gasteiger partial charge in [0.25, 0.3) is 5.91 Å². The van der Waals surface area contributed by atoms with Crippen LogP contribution in [-0.4, -0.2) is 31.1 Å². The number of carbonyl (C=O) groups excluding carboxylic acids is 3. The van der Waals surface area contributed by atoms with Crippen molar-refractivity contribution in [3.05, 3.63) is 28.2 Å². The average Bonchev–Trinajstić information content (AvgIpc) is 2.43. The van der Waals surface area contributed by atoms with Gasteiger partial charge in [0.05, 0.1) is 12.7 Å². The molecule has 3 N–H and O–H groups in total. The highest BCUT2D eigenvalue weighted by atomic mass is 79.9. The molecule has 0 bridgehead atoms. The molecule has 0 saturated heterocycles. The van der Waals surface area contributed by atoms with Crippen LogP contribution in [0, 0.1) is 5.92 Å². The fourth-order valence-corrected chi connectivity index (χ4v) is 2.06. The van der Waals surface area contributed by atoms with Gasteiger partial charge in [0.15, 0.2) is 6.10 Å². The molecule has 22 heavy (non-hydrogen) atoms. The number of urea groups is 1. The van der Waals surface area contributed by atoms with Crippen molar-refractivity contribution >= 4 is 33.8 Å². The van der Waals surface area contributed by atoms with Crippen LogP contribution in [0.5, 0.6) is 5.75 Å². The van der Waals surface area contributed by atoms with Gasteiger partial charge in [0, 0.05) is 4.47 Å². The van der Waals surface area contributed by atoms with Crippen LogP contribution in [0.4, 0.5) is 4.79 Å². The molecule has 0 heterocycles. The van der Waals surface area contributed by atoms with Crippen molar-refractivity contribution < 1.29 is 23.9 Å². The summed E-state index contributed by atoms with van der Waals surface area (Å²) in [5.41, 5.74) is 5.11. The second kappa shape index (κ2) is 7.79. The molecule has 120 valence electrons. The quantitative estimate of drug-likeness (QED) is 0.766. The van der Waals surface area contributed by atoms with Gasteiger partial charge >= 0.3 is 12.0 Å². The molecule has 0 aliphatic carbocycles. The Morgan fingerprint density at radius 2 is 1.91 bits per heavy atom. The number of halogens is 1. The van der Waals surface area contributed by atoms with Crippen molar-refractivity contribution in [1.29, 1.82) is 0 Å². The number of rotatable bonds is 5. The van der Waals surface area contributed by atoms with E-state index in [-0.39, 0.29) is 11.5 Å². The van der Waals surface area contributed by atoms with Crippen LogP contribution >= 0.6 is 15.9 Å². The number of nitrogens with one attached hydrogen (secondary N) is 1. The molecule has 0 aromatic heterocycles. The topological polar surface area (TPSA) is 108 Å². The zero-order chi connectivity index (χ0) is 16.9. The third kappa shape index (κ3) is 4.73. The molecule has 0 unspecified atom stereocenters. The lowest BCUT2D eigenvalue weighted by molar-refractivity contribution is -0.130. The van der Waals surface area contributed by atoms with Crippen LogP contribution in [0.15, 0.2) is 22.7 Å². The molecule has 0 spiro atoms. The van der Waals surface area contributed by atoms with Crippen molar-refractivity contribution in [2.24, 2.45) is 11.7 Å². The van der Waals surface area contributed by atoms with Crippen LogP contribution in [0.2, 0.25) is 0 Å². The van der Waals surface area contributed by atoms with Gasteiger partial charge in [-0.25, -0.2) is 9.59 Å². The summed E-state index contributed by atoms with van der Waals surface area (Å²) in [6.07, 6.45) is -1.14. The van der Waals surface area contributed by atoms with E-state index >= 15 is 0 Å². The Balaban J connectivity index is 2.96. The van der Waals surface area contributed by atoms with Crippen molar-refractivity contribution in [3.8, 4) is 5.75 Å². The van der Waals surface area contributed by atoms with Gasteiger partial charge in [-0.05, 0) is 40.0 Å². The Kier molecular flexibility index (Phi) is 6.36. The van der Waals surface area contributed by atoms with E-state index in [1.54, 1.807) is 26.0 Å². The zero-order valence-electron chi connectivity index (χ0n) is 12.4. The number of benzene rings is 1. The summed E-state index contributed by atoms with van der Waals surface area (Å²) in [6.45, 7) is 3.36. The van der Waals surface area contributed by atoms with Crippen molar-refractivity contribution in [2.45, 2.75) is 20.0 Å². The van der Waals surface area contributed by atoms with Gasteiger partial charge in [0.2, 0.25) is 0 Å². The molecule has 1 aromatic carbocycles. The van der Waals surface area contributed by atoms with Crippen LogP contribution in [0.3, 0.4) is 0 Å². The number of amides is 3. The predicted octanol–water partition coefficient (Wildman–Crippen LogP) is 1.83. The van der Waals surface area contributed by atoms with E-state index in [1.807, 2.05) is 5.32 Å². The molecule has 1 rings (SSSR count). The molecule has 0 aliphatic heterocycles. The number of esters is 1. The van der Waals surface area contributed by atoms with Gasteiger partial charge < -0.3 is 15.2 Å². The van der Waals surface area contributed by atoms with E-state index in [4.69, 9.17) is 15.2 Å². The fraction of sp³-hybridized carbons (Fsp3) is 0.357. The number of ether oxygens (including phenoxy) is 2. The Morgan fingerprint density at radius 1 is 1.27 bits per heavy atom. The molecular weight excluding hydrogens is 356 g/mol. The average molecular weight is 373 g/mol. The van der Waals surface area contributed by atoms with E-state index in [0.717, 1.165) is 0 Å². The van der Waals surface area contributed by atoms with E-state index in [9.17, 15) is 14.4 Å². The summed E-state index contributed by atoms with van der Waals surface area (Å²) in [6, 6.07) is 3.77. The van der Waals surface area contributed by atoms with Crippen LogP contribution < -0.4 is 15.8 Å². The second-order valence-corrected chi connectivity index (χ2v) is 5.62. The van der Waals surface area contributed by atoms with E-state index in [0.29, 0.717) is 10.2 Å². The molecule has 7 nitrogen and oxygen atoms in total. The maximum absolute atomic E-state index is 12.2.